The molecule has 0 bridgehead atoms. The van der Waals surface area contributed by atoms with Gasteiger partial charge < -0.3 is 5.11 Å². The molecular weight excluding hydrogens is 512 g/mol. The minimum Gasteiger partial charge on any atom is -0.480 e. The van der Waals surface area contributed by atoms with Crippen molar-refractivity contribution in [2.24, 2.45) is 0 Å². The summed E-state index contributed by atoms with van der Waals surface area (Å²) < 4.78 is 28.9. The number of nitrogens with zero attached hydrogens (tertiary/aromatic N) is 1. The van der Waals surface area contributed by atoms with Crippen LogP contribution in [0.3, 0.4) is 0 Å². The molecule has 0 unspecified atom stereocenters. The van der Waals surface area contributed by atoms with Crippen LogP contribution in [0.5, 0.6) is 0 Å². The number of thiophene rings is 1. The second kappa shape index (κ2) is 8.58. The number of aliphatic carboxylic acids is 1. The van der Waals surface area contributed by atoms with Crippen molar-refractivity contribution >= 4 is 50.3 Å². The maximum Gasteiger partial charge on any atom is 0.325 e. The number of aromatic nitrogens is 1. The van der Waals surface area contributed by atoms with Crippen LogP contribution < -0.4 is 4.72 Å². The number of rotatable bonds is 7. The van der Waals surface area contributed by atoms with Crippen LogP contribution >= 0.6 is 34.3 Å². The average Bonchev–Trinajstić information content (AvgIpc) is 3.13. The van der Waals surface area contributed by atoms with Gasteiger partial charge in [-0.15, -0.1) is 22.7 Å². The van der Waals surface area contributed by atoms with Crippen molar-refractivity contribution < 1.29 is 18.3 Å². The molecule has 2 heterocycles. The summed E-state index contributed by atoms with van der Waals surface area (Å²) in [5.41, 5.74) is 1.82. The van der Waals surface area contributed by atoms with Gasteiger partial charge in [0, 0.05) is 32.5 Å². The van der Waals surface area contributed by atoms with E-state index in [1.165, 1.54) is 17.4 Å². The first-order chi connectivity index (χ1) is 16.2. The SMILES string of the molecule is Cc1csc(-c2cccc([C@@H]3C[C@]3(NS(=O)(=O)c3ccc(-c4ccc(Cl)cc4)s3)C(=O)O)c2)n1. The molecule has 0 spiro atoms. The van der Waals surface area contributed by atoms with Gasteiger partial charge in [-0.1, -0.05) is 41.9 Å². The second-order valence-corrected chi connectivity index (χ2v) is 12.5. The predicted octanol–water partition coefficient (Wildman–Crippen LogP) is 5.79. The van der Waals surface area contributed by atoms with Gasteiger partial charge in [0.2, 0.25) is 0 Å². The van der Waals surface area contributed by atoms with Gasteiger partial charge in [0.25, 0.3) is 10.0 Å². The van der Waals surface area contributed by atoms with Crippen LogP contribution in [0.25, 0.3) is 21.0 Å². The number of sulfonamides is 1. The number of nitrogens with one attached hydrogen (secondary N) is 1. The molecule has 1 saturated carbocycles. The first-order valence-electron chi connectivity index (χ1n) is 10.3. The highest BCUT2D eigenvalue weighted by atomic mass is 35.5. The Kier molecular flexibility index (Phi) is 5.86. The van der Waals surface area contributed by atoms with E-state index in [-0.39, 0.29) is 10.6 Å². The van der Waals surface area contributed by atoms with Gasteiger partial charge in [-0.3, -0.25) is 4.79 Å². The molecule has 0 radical (unpaired) electrons. The first kappa shape index (κ1) is 23.2. The van der Waals surface area contributed by atoms with Crippen molar-refractivity contribution in [3.8, 4) is 21.0 Å². The molecule has 1 aliphatic rings. The average molecular weight is 531 g/mol. The molecule has 0 amide bonds. The molecule has 1 aliphatic carbocycles. The summed E-state index contributed by atoms with van der Waals surface area (Å²) >= 11 is 8.53. The minimum atomic E-state index is -4.04. The molecule has 0 aliphatic heterocycles. The predicted molar refractivity (Wildman–Crippen MR) is 135 cm³/mol. The van der Waals surface area contributed by atoms with Gasteiger partial charge in [0.05, 0.1) is 0 Å². The lowest BCUT2D eigenvalue weighted by atomic mass is 10.0. The molecule has 0 saturated heterocycles. The van der Waals surface area contributed by atoms with Crippen molar-refractivity contribution in [2.75, 3.05) is 0 Å². The largest absolute Gasteiger partial charge is 0.480 e. The number of hydrogen-bond acceptors (Lipinski definition) is 6. The van der Waals surface area contributed by atoms with Crippen LogP contribution in [0.1, 0.15) is 23.6 Å². The zero-order valence-electron chi connectivity index (χ0n) is 17.9. The maximum absolute atomic E-state index is 13.2. The fourth-order valence-electron chi connectivity index (χ4n) is 3.96. The molecule has 4 aromatic rings. The topological polar surface area (TPSA) is 96.4 Å². The Bertz CT molecular complexity index is 1490. The maximum atomic E-state index is 13.2. The number of halogens is 1. The van der Waals surface area contributed by atoms with Crippen LogP contribution in [-0.2, 0) is 14.8 Å². The third kappa shape index (κ3) is 4.30. The highest BCUT2D eigenvalue weighted by molar-refractivity contribution is 7.91. The smallest absolute Gasteiger partial charge is 0.325 e. The molecule has 2 aromatic heterocycles. The Morgan fingerprint density at radius 1 is 1.15 bits per heavy atom. The Morgan fingerprint density at radius 3 is 2.59 bits per heavy atom. The lowest BCUT2D eigenvalue weighted by Crippen LogP contribution is -2.44. The molecule has 5 rings (SSSR count). The van der Waals surface area contributed by atoms with Crippen molar-refractivity contribution in [2.45, 2.75) is 29.0 Å². The van der Waals surface area contributed by atoms with Gasteiger partial charge in [0.1, 0.15) is 14.8 Å². The monoisotopic (exact) mass is 530 g/mol. The summed E-state index contributed by atoms with van der Waals surface area (Å²) in [7, 11) is -4.04. The van der Waals surface area contributed by atoms with E-state index >= 15 is 0 Å². The highest BCUT2D eigenvalue weighted by Gasteiger charge is 2.63. The molecule has 174 valence electrons. The van der Waals surface area contributed by atoms with Crippen LogP contribution in [0.2, 0.25) is 5.02 Å². The number of benzene rings is 2. The van der Waals surface area contributed by atoms with E-state index in [9.17, 15) is 18.3 Å². The molecule has 2 aromatic carbocycles. The van der Waals surface area contributed by atoms with Gasteiger partial charge >= 0.3 is 5.97 Å². The Hall–Kier alpha value is -2.56. The summed E-state index contributed by atoms with van der Waals surface area (Å²) in [6, 6.07) is 17.8. The van der Waals surface area contributed by atoms with E-state index in [4.69, 9.17) is 11.6 Å². The van der Waals surface area contributed by atoms with Crippen LogP contribution in [0.4, 0.5) is 0 Å². The molecule has 2 N–H and O–H groups in total. The minimum absolute atomic E-state index is 0.0655. The zero-order chi connectivity index (χ0) is 24.1. The Labute approximate surface area is 209 Å². The van der Waals surface area contributed by atoms with E-state index in [1.807, 2.05) is 48.7 Å². The van der Waals surface area contributed by atoms with Gasteiger partial charge in [-0.25, -0.2) is 13.4 Å². The standard InChI is InChI=1S/C24H19ClN2O4S3/c1-14-13-32-22(26-14)17-4-2-3-16(11-17)19-12-24(19,23(28)29)27-34(30,31)21-10-9-20(33-21)15-5-7-18(25)8-6-15/h2-11,13,19,27H,12H2,1H3,(H,28,29)/t19-,24+/m0/s1. The van der Waals surface area contributed by atoms with Gasteiger partial charge in [-0.05, 0) is 54.8 Å². The number of carboxylic acids is 1. The number of hydrogen-bond donors (Lipinski definition) is 2. The molecule has 10 heteroatoms. The number of aryl methyl sites for hydroxylation is 1. The quantitative estimate of drug-likeness (QED) is 0.315. The number of carboxylic acid groups (broad SMARTS) is 1. The molecule has 34 heavy (non-hydrogen) atoms. The molecular formula is C24H19ClN2O4S3. The normalized spacial score (nSPS) is 19.8. The first-order valence-corrected chi connectivity index (χ1v) is 13.9. The number of thiazole rings is 1. The van der Waals surface area contributed by atoms with Crippen molar-refractivity contribution in [3.05, 3.63) is 82.3 Å². The Balaban J connectivity index is 1.41. The van der Waals surface area contributed by atoms with Crippen LogP contribution in [0.15, 0.2) is 70.3 Å². The Morgan fingerprint density at radius 2 is 1.91 bits per heavy atom. The highest BCUT2D eigenvalue weighted by Crippen LogP contribution is 2.53. The summed E-state index contributed by atoms with van der Waals surface area (Å²) in [5.74, 6) is -1.66. The van der Waals surface area contributed by atoms with E-state index in [1.54, 1.807) is 18.2 Å². The lowest BCUT2D eigenvalue weighted by Gasteiger charge is -2.15. The van der Waals surface area contributed by atoms with E-state index in [0.717, 1.165) is 43.6 Å². The molecule has 6 nitrogen and oxygen atoms in total. The van der Waals surface area contributed by atoms with Gasteiger partial charge in [0.15, 0.2) is 0 Å². The second-order valence-electron chi connectivity index (χ2n) is 8.18. The van der Waals surface area contributed by atoms with Crippen LogP contribution in [-0.4, -0.2) is 30.0 Å². The number of carbonyl (C=O) groups is 1. The lowest BCUT2D eigenvalue weighted by molar-refractivity contribution is -0.140. The van der Waals surface area contributed by atoms with E-state index in [0.29, 0.717) is 5.02 Å². The van der Waals surface area contributed by atoms with Gasteiger partial charge in [-0.2, -0.15) is 4.72 Å². The summed E-state index contributed by atoms with van der Waals surface area (Å²) in [6.07, 6.45) is 0.178. The van der Waals surface area contributed by atoms with Crippen molar-refractivity contribution in [1.29, 1.82) is 0 Å². The fraction of sp³-hybridized carbons (Fsp3) is 0.167. The third-order valence-electron chi connectivity index (χ3n) is 5.79. The summed E-state index contributed by atoms with van der Waals surface area (Å²) in [4.78, 5) is 17.5. The molecule has 1 fully saturated rings. The fourth-order valence-corrected chi connectivity index (χ4v) is 7.59. The molecule has 2 atom stereocenters. The summed E-state index contributed by atoms with van der Waals surface area (Å²) in [6.45, 7) is 1.91. The van der Waals surface area contributed by atoms with E-state index in [2.05, 4.69) is 9.71 Å². The van der Waals surface area contributed by atoms with Crippen molar-refractivity contribution in [1.82, 2.24) is 9.71 Å². The third-order valence-corrected chi connectivity index (χ3v) is 10.2. The van der Waals surface area contributed by atoms with E-state index < -0.39 is 27.4 Å². The summed E-state index contributed by atoms with van der Waals surface area (Å²) in [5, 5.41) is 13.4. The zero-order valence-corrected chi connectivity index (χ0v) is 21.1. The van der Waals surface area contributed by atoms with Crippen LogP contribution in [0, 0.1) is 6.92 Å². The van der Waals surface area contributed by atoms with Crippen molar-refractivity contribution in [3.63, 3.8) is 0 Å².